The number of benzene rings is 2. The molecule has 0 saturated carbocycles. The lowest BCUT2D eigenvalue weighted by Crippen LogP contribution is -2.01. The molecule has 4 aromatic rings. The highest BCUT2D eigenvalue weighted by molar-refractivity contribution is 6.06. The molecule has 4 rings (SSSR count). The first-order valence-electron chi connectivity index (χ1n) is 12.3. The van der Waals surface area contributed by atoms with Gasteiger partial charge in [-0.25, -0.2) is 0 Å². The Hall–Kier alpha value is -2.87. The number of fused-ring (bicyclic) bond motifs is 1. The molecule has 0 spiro atoms. The third kappa shape index (κ3) is 4.24. The molecule has 0 amide bonds. The van der Waals surface area contributed by atoms with E-state index in [2.05, 4.69) is 88.1 Å². The Kier molecular flexibility index (Phi) is 6.79. The van der Waals surface area contributed by atoms with E-state index in [1.807, 2.05) is 0 Å². The Morgan fingerprint density at radius 1 is 0.625 bits per heavy atom. The molecular weight excluding hydrogens is 388 g/mol. The molecule has 0 atom stereocenters. The van der Waals surface area contributed by atoms with Crippen LogP contribution >= 0.6 is 0 Å². The minimum Gasteiger partial charge on any atom is -0.357 e. The molecule has 0 fully saturated rings. The summed E-state index contributed by atoms with van der Waals surface area (Å²) in [5.74, 6) is 0. The van der Waals surface area contributed by atoms with Gasteiger partial charge < -0.3 is 4.98 Å². The van der Waals surface area contributed by atoms with Crippen molar-refractivity contribution < 1.29 is 0 Å². The van der Waals surface area contributed by atoms with Gasteiger partial charge in [-0.15, -0.1) is 0 Å². The number of pyridine rings is 1. The lowest BCUT2D eigenvalue weighted by molar-refractivity contribution is 0.842. The van der Waals surface area contributed by atoms with Crippen LogP contribution in [-0.2, 0) is 19.3 Å². The largest absolute Gasteiger partial charge is 0.357 e. The van der Waals surface area contributed by atoms with Gasteiger partial charge in [-0.1, -0.05) is 99.7 Å². The van der Waals surface area contributed by atoms with Crippen LogP contribution in [0.25, 0.3) is 33.2 Å². The van der Waals surface area contributed by atoms with Crippen LogP contribution in [0.1, 0.15) is 68.2 Å². The van der Waals surface area contributed by atoms with Crippen molar-refractivity contribution in [1.82, 2.24) is 9.97 Å². The second-order valence-electron chi connectivity index (χ2n) is 9.09. The number of rotatable bonds is 8. The molecule has 0 aliphatic rings. The van der Waals surface area contributed by atoms with Crippen molar-refractivity contribution in [2.75, 3.05) is 0 Å². The summed E-state index contributed by atoms with van der Waals surface area (Å²) >= 11 is 0. The molecule has 32 heavy (non-hydrogen) atoms. The lowest BCUT2D eigenvalue weighted by Gasteiger charge is -2.15. The second-order valence-corrected chi connectivity index (χ2v) is 9.09. The maximum atomic E-state index is 5.34. The smallest absolute Gasteiger partial charge is 0.0579 e. The van der Waals surface area contributed by atoms with E-state index in [1.54, 1.807) is 0 Å². The first-order chi connectivity index (χ1) is 15.6. The minimum absolute atomic E-state index is 0.998. The molecule has 166 valence electrons. The molecular formula is C30H36N2. The number of aromatic nitrogens is 2. The van der Waals surface area contributed by atoms with Gasteiger partial charge in [0.25, 0.3) is 0 Å². The van der Waals surface area contributed by atoms with Gasteiger partial charge in [-0.3, -0.25) is 4.98 Å². The topological polar surface area (TPSA) is 28.7 Å². The number of aryl methyl sites for hydroxylation is 5. The van der Waals surface area contributed by atoms with Crippen molar-refractivity contribution in [3.63, 3.8) is 0 Å². The van der Waals surface area contributed by atoms with Crippen LogP contribution in [0.2, 0.25) is 0 Å². The van der Waals surface area contributed by atoms with Gasteiger partial charge in [-0.2, -0.15) is 0 Å². The summed E-state index contributed by atoms with van der Waals surface area (Å²) in [6, 6.07) is 18.0. The standard InChI is InChI=1S/C30H36N2/c1-6-9-24-27(22-16-12-20(4)13-17-22)29-26(11-8-3)31-25(10-7-2)28(30(29)32-24)23-18-14-21(5)15-19-23/h12-19,32H,6-11H2,1-5H3. The molecule has 0 radical (unpaired) electrons. The fraction of sp³-hybridized carbons (Fsp3) is 0.367. The van der Waals surface area contributed by atoms with Gasteiger partial charge in [0.1, 0.15) is 0 Å². The van der Waals surface area contributed by atoms with Crippen LogP contribution in [0.5, 0.6) is 0 Å². The summed E-state index contributed by atoms with van der Waals surface area (Å²) in [5, 5.41) is 1.33. The Balaban J connectivity index is 2.11. The van der Waals surface area contributed by atoms with E-state index in [-0.39, 0.29) is 0 Å². The Morgan fingerprint density at radius 3 is 1.66 bits per heavy atom. The highest BCUT2D eigenvalue weighted by Gasteiger charge is 2.22. The second kappa shape index (κ2) is 9.73. The SMILES string of the molecule is CCCc1nc(CCC)c2c(-c3ccc(C)cc3)c(CCC)[nH]c2c1-c1ccc(C)cc1. The maximum absolute atomic E-state index is 5.34. The zero-order valence-corrected chi connectivity index (χ0v) is 20.3. The Morgan fingerprint density at radius 2 is 1.12 bits per heavy atom. The molecule has 0 unspecified atom stereocenters. The van der Waals surface area contributed by atoms with Gasteiger partial charge in [-0.05, 0) is 44.2 Å². The van der Waals surface area contributed by atoms with E-state index >= 15 is 0 Å². The number of nitrogens with zero attached hydrogens (tertiary/aromatic N) is 1. The van der Waals surface area contributed by atoms with Gasteiger partial charge in [0.05, 0.1) is 16.9 Å². The van der Waals surface area contributed by atoms with E-state index in [1.165, 1.54) is 61.4 Å². The molecule has 2 aromatic heterocycles. The van der Waals surface area contributed by atoms with Crippen LogP contribution in [0.4, 0.5) is 0 Å². The van der Waals surface area contributed by atoms with Crippen LogP contribution in [0.15, 0.2) is 48.5 Å². The number of hydrogen-bond acceptors (Lipinski definition) is 1. The van der Waals surface area contributed by atoms with Crippen LogP contribution in [0, 0.1) is 13.8 Å². The van der Waals surface area contributed by atoms with Gasteiger partial charge in [0.15, 0.2) is 0 Å². The highest BCUT2D eigenvalue weighted by Crippen LogP contribution is 2.41. The molecule has 2 aromatic carbocycles. The normalized spacial score (nSPS) is 11.4. The molecule has 1 N–H and O–H groups in total. The van der Waals surface area contributed by atoms with Gasteiger partial charge in [0.2, 0.25) is 0 Å². The Labute approximate surface area is 193 Å². The van der Waals surface area contributed by atoms with Crippen molar-refractivity contribution >= 4 is 10.9 Å². The molecule has 0 aliphatic carbocycles. The van der Waals surface area contributed by atoms with E-state index < -0.39 is 0 Å². The number of aromatic amines is 1. The summed E-state index contributed by atoms with van der Waals surface area (Å²) < 4.78 is 0. The number of nitrogens with one attached hydrogen (secondary N) is 1. The maximum Gasteiger partial charge on any atom is 0.0579 e. The molecule has 0 saturated heterocycles. The quantitative estimate of drug-likeness (QED) is 0.302. The lowest BCUT2D eigenvalue weighted by atomic mass is 9.93. The fourth-order valence-corrected chi connectivity index (χ4v) is 4.79. The monoisotopic (exact) mass is 424 g/mol. The van der Waals surface area contributed by atoms with Crippen LogP contribution in [0.3, 0.4) is 0 Å². The molecule has 2 heteroatoms. The van der Waals surface area contributed by atoms with E-state index in [4.69, 9.17) is 4.98 Å². The summed E-state index contributed by atoms with van der Waals surface area (Å²) in [4.78, 5) is 9.25. The zero-order valence-electron chi connectivity index (χ0n) is 20.3. The third-order valence-corrected chi connectivity index (χ3v) is 6.33. The van der Waals surface area contributed by atoms with Gasteiger partial charge >= 0.3 is 0 Å². The van der Waals surface area contributed by atoms with Crippen molar-refractivity contribution in [2.24, 2.45) is 0 Å². The molecule has 2 heterocycles. The van der Waals surface area contributed by atoms with Crippen molar-refractivity contribution in [1.29, 1.82) is 0 Å². The summed E-state index contributed by atoms with van der Waals surface area (Å²) in [6.07, 6.45) is 6.35. The fourth-order valence-electron chi connectivity index (χ4n) is 4.79. The summed E-state index contributed by atoms with van der Waals surface area (Å²) in [5.41, 5.74) is 12.9. The predicted octanol–water partition coefficient (Wildman–Crippen LogP) is 8.37. The van der Waals surface area contributed by atoms with E-state index in [9.17, 15) is 0 Å². The minimum atomic E-state index is 0.998. The average Bonchev–Trinajstić information content (AvgIpc) is 3.15. The van der Waals surface area contributed by atoms with Crippen molar-refractivity contribution in [3.8, 4) is 22.3 Å². The van der Waals surface area contributed by atoms with E-state index in [0.29, 0.717) is 0 Å². The predicted molar refractivity (Wildman–Crippen MR) is 138 cm³/mol. The van der Waals surface area contributed by atoms with Crippen LogP contribution < -0.4 is 0 Å². The first kappa shape index (κ1) is 22.3. The van der Waals surface area contributed by atoms with Crippen molar-refractivity contribution in [2.45, 2.75) is 73.1 Å². The number of hydrogen-bond donors (Lipinski definition) is 1. The Bertz CT molecular complexity index is 1190. The van der Waals surface area contributed by atoms with Crippen molar-refractivity contribution in [3.05, 3.63) is 76.7 Å². The summed E-state index contributed by atoms with van der Waals surface area (Å²) in [6.45, 7) is 11.1. The van der Waals surface area contributed by atoms with Gasteiger partial charge in [0, 0.05) is 22.2 Å². The first-order valence-corrected chi connectivity index (χ1v) is 12.3. The van der Waals surface area contributed by atoms with E-state index in [0.717, 1.165) is 38.5 Å². The molecule has 0 bridgehead atoms. The van der Waals surface area contributed by atoms with Crippen LogP contribution in [-0.4, -0.2) is 9.97 Å². The third-order valence-electron chi connectivity index (χ3n) is 6.33. The average molecular weight is 425 g/mol. The highest BCUT2D eigenvalue weighted by atomic mass is 14.8. The molecule has 2 nitrogen and oxygen atoms in total. The summed E-state index contributed by atoms with van der Waals surface area (Å²) in [7, 11) is 0. The number of H-pyrrole nitrogens is 1. The molecule has 0 aliphatic heterocycles. The zero-order chi connectivity index (χ0) is 22.7.